The fourth-order valence-electron chi connectivity index (χ4n) is 2.59. The molecule has 1 heterocycles. The van der Waals surface area contributed by atoms with Crippen molar-refractivity contribution in [3.63, 3.8) is 0 Å². The molecule has 1 saturated heterocycles. The number of aryl methyl sites for hydroxylation is 1. The fourth-order valence-corrected chi connectivity index (χ4v) is 2.59. The second kappa shape index (κ2) is 6.58. The van der Waals surface area contributed by atoms with Gasteiger partial charge in [-0.3, -0.25) is 14.5 Å². The summed E-state index contributed by atoms with van der Waals surface area (Å²) in [6.07, 6.45) is 0.834. The molecule has 1 aliphatic heterocycles. The average molecular weight is 290 g/mol. The molecule has 1 fully saturated rings. The number of nitrogen functional groups attached to an aromatic ring is 1. The van der Waals surface area contributed by atoms with E-state index >= 15 is 0 Å². The second-order valence-electron chi connectivity index (χ2n) is 5.46. The zero-order valence-corrected chi connectivity index (χ0v) is 12.3. The molecule has 21 heavy (non-hydrogen) atoms. The lowest BCUT2D eigenvalue weighted by molar-refractivity contribution is -0.119. The first kappa shape index (κ1) is 15.3. The molecule has 0 aromatic heterocycles. The van der Waals surface area contributed by atoms with Gasteiger partial charge in [-0.2, -0.15) is 0 Å². The van der Waals surface area contributed by atoms with Gasteiger partial charge in [0.25, 0.3) is 5.91 Å². The van der Waals surface area contributed by atoms with Crippen LogP contribution < -0.4 is 11.5 Å². The van der Waals surface area contributed by atoms with Crippen molar-refractivity contribution in [1.29, 1.82) is 0 Å². The van der Waals surface area contributed by atoms with Crippen LogP contribution in [0.25, 0.3) is 0 Å². The van der Waals surface area contributed by atoms with Crippen LogP contribution in [-0.2, 0) is 4.79 Å². The molecule has 6 heteroatoms. The van der Waals surface area contributed by atoms with Crippen molar-refractivity contribution in [2.45, 2.75) is 13.3 Å². The lowest BCUT2D eigenvalue weighted by Gasteiger charge is -2.22. The zero-order chi connectivity index (χ0) is 15.4. The number of anilines is 1. The van der Waals surface area contributed by atoms with E-state index in [1.807, 2.05) is 22.8 Å². The van der Waals surface area contributed by atoms with Crippen molar-refractivity contribution in [3.05, 3.63) is 29.3 Å². The number of carbonyl (C=O) groups excluding carboxylic acids is 2. The van der Waals surface area contributed by atoms with Crippen LogP contribution in [0, 0.1) is 6.92 Å². The van der Waals surface area contributed by atoms with Crippen LogP contribution in [0.1, 0.15) is 22.3 Å². The summed E-state index contributed by atoms with van der Waals surface area (Å²) < 4.78 is 0. The Balaban J connectivity index is 2.06. The van der Waals surface area contributed by atoms with Crippen LogP contribution in [0.15, 0.2) is 18.2 Å². The molecule has 1 aliphatic rings. The summed E-state index contributed by atoms with van der Waals surface area (Å²) in [6, 6.07) is 5.38. The van der Waals surface area contributed by atoms with Gasteiger partial charge in [0.2, 0.25) is 5.91 Å². The number of primary amides is 1. The number of hydrogen-bond donors (Lipinski definition) is 2. The predicted octanol–water partition coefficient (Wildman–Crippen LogP) is 0.210. The second-order valence-corrected chi connectivity index (χ2v) is 5.46. The molecule has 0 spiro atoms. The van der Waals surface area contributed by atoms with Gasteiger partial charge in [-0.1, -0.05) is 6.07 Å². The van der Waals surface area contributed by atoms with E-state index in [-0.39, 0.29) is 18.4 Å². The van der Waals surface area contributed by atoms with Gasteiger partial charge in [-0.05, 0) is 31.0 Å². The summed E-state index contributed by atoms with van der Waals surface area (Å²) in [5.74, 6) is -0.331. The predicted molar refractivity (Wildman–Crippen MR) is 81.7 cm³/mol. The van der Waals surface area contributed by atoms with Crippen LogP contribution in [0.4, 0.5) is 5.69 Å². The Morgan fingerprint density at radius 1 is 1.19 bits per heavy atom. The zero-order valence-electron chi connectivity index (χ0n) is 12.3. The Labute approximate surface area is 124 Å². The number of carbonyl (C=O) groups is 2. The van der Waals surface area contributed by atoms with E-state index < -0.39 is 0 Å². The smallest absolute Gasteiger partial charge is 0.254 e. The van der Waals surface area contributed by atoms with Crippen molar-refractivity contribution < 1.29 is 9.59 Å². The van der Waals surface area contributed by atoms with Gasteiger partial charge in [0.1, 0.15) is 0 Å². The standard InChI is InChI=1S/C15H22N4O2/c1-11-3-4-12(16)9-13(11)15(21)19-6-2-5-18(7-8-19)10-14(17)20/h3-4,9H,2,5-8,10,16H2,1H3,(H2,17,20). The molecule has 2 amide bonds. The molecule has 0 aliphatic carbocycles. The first-order chi connectivity index (χ1) is 9.97. The molecule has 4 N–H and O–H groups in total. The Bertz CT molecular complexity index is 544. The fraction of sp³-hybridized carbons (Fsp3) is 0.467. The molecule has 2 rings (SSSR count). The van der Waals surface area contributed by atoms with E-state index in [0.29, 0.717) is 30.9 Å². The summed E-state index contributed by atoms with van der Waals surface area (Å²) in [5, 5.41) is 0. The lowest BCUT2D eigenvalue weighted by atomic mass is 10.1. The van der Waals surface area contributed by atoms with E-state index in [1.165, 1.54) is 0 Å². The minimum Gasteiger partial charge on any atom is -0.399 e. The monoisotopic (exact) mass is 290 g/mol. The normalized spacial score (nSPS) is 16.5. The van der Waals surface area contributed by atoms with E-state index in [9.17, 15) is 9.59 Å². The van der Waals surface area contributed by atoms with Gasteiger partial charge in [0.05, 0.1) is 6.54 Å². The molecule has 0 saturated carbocycles. The largest absolute Gasteiger partial charge is 0.399 e. The minimum atomic E-state index is -0.332. The first-order valence-corrected chi connectivity index (χ1v) is 7.13. The number of nitrogens with two attached hydrogens (primary N) is 2. The Morgan fingerprint density at radius 3 is 2.67 bits per heavy atom. The summed E-state index contributed by atoms with van der Waals surface area (Å²) in [6.45, 7) is 4.88. The van der Waals surface area contributed by atoms with E-state index in [2.05, 4.69) is 0 Å². The number of rotatable bonds is 3. The van der Waals surface area contributed by atoms with Gasteiger partial charge in [-0.15, -0.1) is 0 Å². The van der Waals surface area contributed by atoms with Crippen molar-refractivity contribution in [3.8, 4) is 0 Å². The topological polar surface area (TPSA) is 92.7 Å². The molecular weight excluding hydrogens is 268 g/mol. The maximum atomic E-state index is 12.6. The maximum Gasteiger partial charge on any atom is 0.254 e. The lowest BCUT2D eigenvalue weighted by Crippen LogP contribution is -2.38. The Hall–Kier alpha value is -2.08. The molecule has 1 aromatic carbocycles. The quantitative estimate of drug-likeness (QED) is 0.778. The van der Waals surface area contributed by atoms with Gasteiger partial charge < -0.3 is 16.4 Å². The third-order valence-electron chi connectivity index (χ3n) is 3.75. The molecule has 0 radical (unpaired) electrons. The Morgan fingerprint density at radius 2 is 1.95 bits per heavy atom. The first-order valence-electron chi connectivity index (χ1n) is 7.13. The summed E-state index contributed by atoms with van der Waals surface area (Å²) in [5.41, 5.74) is 13.2. The molecule has 114 valence electrons. The van der Waals surface area contributed by atoms with Crippen LogP contribution in [0.5, 0.6) is 0 Å². The van der Waals surface area contributed by atoms with Gasteiger partial charge in [-0.25, -0.2) is 0 Å². The average Bonchev–Trinajstić information content (AvgIpc) is 2.66. The van der Waals surface area contributed by atoms with Crippen LogP contribution in [-0.4, -0.2) is 54.3 Å². The summed E-state index contributed by atoms with van der Waals surface area (Å²) >= 11 is 0. The van der Waals surface area contributed by atoms with Crippen molar-refractivity contribution in [2.24, 2.45) is 5.73 Å². The maximum absolute atomic E-state index is 12.6. The highest BCUT2D eigenvalue weighted by Gasteiger charge is 2.22. The molecule has 0 unspecified atom stereocenters. The minimum absolute atomic E-state index is 0.000671. The third kappa shape index (κ3) is 3.95. The van der Waals surface area contributed by atoms with Crippen LogP contribution in [0.2, 0.25) is 0 Å². The van der Waals surface area contributed by atoms with Crippen molar-refractivity contribution >= 4 is 17.5 Å². The molecule has 1 aromatic rings. The van der Waals surface area contributed by atoms with E-state index in [0.717, 1.165) is 18.5 Å². The molecule has 0 bridgehead atoms. The van der Waals surface area contributed by atoms with Crippen molar-refractivity contribution in [2.75, 3.05) is 38.5 Å². The molecule has 0 atom stereocenters. The number of hydrogen-bond acceptors (Lipinski definition) is 4. The number of nitrogens with zero attached hydrogens (tertiary/aromatic N) is 2. The van der Waals surface area contributed by atoms with E-state index in [4.69, 9.17) is 11.5 Å². The van der Waals surface area contributed by atoms with Gasteiger partial charge in [0.15, 0.2) is 0 Å². The Kier molecular flexibility index (Phi) is 4.80. The number of benzene rings is 1. The van der Waals surface area contributed by atoms with E-state index in [1.54, 1.807) is 12.1 Å². The number of amides is 2. The highest BCUT2D eigenvalue weighted by atomic mass is 16.2. The molecule has 6 nitrogen and oxygen atoms in total. The highest BCUT2D eigenvalue weighted by Crippen LogP contribution is 2.16. The van der Waals surface area contributed by atoms with Gasteiger partial charge >= 0.3 is 0 Å². The SMILES string of the molecule is Cc1ccc(N)cc1C(=O)N1CCCN(CC(N)=O)CC1. The van der Waals surface area contributed by atoms with Gasteiger partial charge in [0, 0.05) is 37.4 Å². The van der Waals surface area contributed by atoms with Crippen LogP contribution >= 0.6 is 0 Å². The third-order valence-corrected chi connectivity index (χ3v) is 3.75. The molecular formula is C15H22N4O2. The summed E-state index contributed by atoms with van der Waals surface area (Å²) in [7, 11) is 0. The van der Waals surface area contributed by atoms with Crippen LogP contribution in [0.3, 0.4) is 0 Å². The highest BCUT2D eigenvalue weighted by molar-refractivity contribution is 5.96. The summed E-state index contributed by atoms with van der Waals surface area (Å²) in [4.78, 5) is 27.4. The van der Waals surface area contributed by atoms with Crippen molar-refractivity contribution in [1.82, 2.24) is 9.80 Å².